The number of hydrogen-bond acceptors (Lipinski definition) is 3. The maximum Gasteiger partial charge on any atom is 0.449 e. The number of alkyl halides is 3. The van der Waals surface area contributed by atoms with Gasteiger partial charge in [-0.15, -0.1) is 0 Å². The number of aromatic nitrogens is 2. The molecule has 3 aromatic rings. The summed E-state index contributed by atoms with van der Waals surface area (Å²) in [4.78, 5) is 19.4. The molecule has 154 valence electrons. The molecule has 1 amide bonds. The van der Waals surface area contributed by atoms with E-state index in [4.69, 9.17) is 0 Å². The number of anilines is 1. The monoisotopic (exact) mass is 412 g/mol. The Hall–Kier alpha value is -3.01. The van der Waals surface area contributed by atoms with Gasteiger partial charge in [0.1, 0.15) is 11.6 Å². The first-order chi connectivity index (χ1) is 13.5. The molecule has 1 heterocycles. The Morgan fingerprint density at radius 1 is 1.21 bits per heavy atom. The molecule has 0 saturated carbocycles. The highest BCUT2D eigenvalue weighted by Gasteiger charge is 2.34. The van der Waals surface area contributed by atoms with Crippen molar-refractivity contribution >= 4 is 22.6 Å². The lowest BCUT2D eigenvalue weighted by atomic mass is 10.1. The van der Waals surface area contributed by atoms with Crippen LogP contribution in [0.5, 0.6) is 0 Å². The first-order valence-electron chi connectivity index (χ1n) is 8.56. The third-order valence-electron chi connectivity index (χ3n) is 4.50. The van der Waals surface area contributed by atoms with E-state index in [2.05, 4.69) is 15.3 Å². The van der Waals surface area contributed by atoms with E-state index in [9.17, 15) is 26.7 Å². The minimum absolute atomic E-state index is 0.110. The summed E-state index contributed by atoms with van der Waals surface area (Å²) in [6.07, 6.45) is -4.60. The van der Waals surface area contributed by atoms with E-state index in [0.29, 0.717) is 0 Å². The number of imidazole rings is 1. The molecule has 1 unspecified atom stereocenters. The molecule has 10 heteroatoms. The zero-order chi connectivity index (χ0) is 21.3. The Bertz CT molecular complexity index is 1050. The molecule has 2 aromatic carbocycles. The average molecular weight is 412 g/mol. The SMILES string of the molecule is CC(c1cc(F)ccc1F)N(C)CC(=O)Nc1ccc2nc(C(F)(F)F)[nH]c2c1. The fourth-order valence-electron chi connectivity index (χ4n) is 2.86. The molecule has 29 heavy (non-hydrogen) atoms. The minimum atomic E-state index is -4.60. The number of carbonyl (C=O) groups excluding carboxylic acids is 1. The molecule has 1 aromatic heterocycles. The van der Waals surface area contributed by atoms with Crippen molar-refractivity contribution in [2.45, 2.75) is 19.1 Å². The zero-order valence-electron chi connectivity index (χ0n) is 15.4. The van der Waals surface area contributed by atoms with Gasteiger partial charge in [0.05, 0.1) is 17.6 Å². The molecule has 0 aliphatic rings. The number of H-pyrrole nitrogens is 1. The third-order valence-corrected chi connectivity index (χ3v) is 4.50. The Morgan fingerprint density at radius 2 is 1.93 bits per heavy atom. The molecule has 0 saturated heterocycles. The van der Waals surface area contributed by atoms with E-state index >= 15 is 0 Å². The van der Waals surface area contributed by atoms with Crippen molar-refractivity contribution < 1.29 is 26.7 Å². The second kappa shape index (κ2) is 7.78. The quantitative estimate of drug-likeness (QED) is 0.607. The number of fused-ring (bicyclic) bond motifs is 1. The van der Waals surface area contributed by atoms with Crippen LogP contribution in [0.1, 0.15) is 24.4 Å². The molecular weight excluding hydrogens is 395 g/mol. The van der Waals surface area contributed by atoms with Crippen LogP contribution in [0.3, 0.4) is 0 Å². The first kappa shape index (κ1) is 20.7. The smallest absolute Gasteiger partial charge is 0.334 e. The highest BCUT2D eigenvalue weighted by Crippen LogP contribution is 2.29. The van der Waals surface area contributed by atoms with Crippen LogP contribution in [0.2, 0.25) is 0 Å². The van der Waals surface area contributed by atoms with Crippen molar-refractivity contribution in [2.24, 2.45) is 0 Å². The maximum absolute atomic E-state index is 13.9. The van der Waals surface area contributed by atoms with Crippen LogP contribution in [-0.4, -0.2) is 34.4 Å². The number of likely N-dealkylation sites (N-methyl/N-ethyl adjacent to an activating group) is 1. The van der Waals surface area contributed by atoms with Crippen molar-refractivity contribution in [1.29, 1.82) is 0 Å². The van der Waals surface area contributed by atoms with E-state index in [0.717, 1.165) is 18.2 Å². The predicted molar refractivity (Wildman–Crippen MR) is 97.1 cm³/mol. The number of halogens is 5. The molecule has 0 aliphatic carbocycles. The molecule has 2 N–H and O–H groups in total. The van der Waals surface area contributed by atoms with Crippen LogP contribution in [0, 0.1) is 11.6 Å². The second-order valence-electron chi connectivity index (χ2n) is 6.62. The van der Waals surface area contributed by atoms with Crippen molar-refractivity contribution in [3.63, 3.8) is 0 Å². The number of carbonyl (C=O) groups is 1. The largest absolute Gasteiger partial charge is 0.449 e. The van der Waals surface area contributed by atoms with Gasteiger partial charge in [-0.05, 0) is 50.4 Å². The van der Waals surface area contributed by atoms with Crippen molar-refractivity contribution in [2.75, 3.05) is 18.9 Å². The van der Waals surface area contributed by atoms with Gasteiger partial charge in [0.2, 0.25) is 11.7 Å². The summed E-state index contributed by atoms with van der Waals surface area (Å²) in [7, 11) is 1.57. The standard InChI is InChI=1S/C19H17F5N4O/c1-10(13-7-11(20)3-5-14(13)21)28(2)9-17(29)25-12-4-6-15-16(8-12)27-18(26-15)19(22,23)24/h3-8,10H,9H2,1-2H3,(H,25,29)(H,26,27). The lowest BCUT2D eigenvalue weighted by molar-refractivity contribution is -0.144. The Balaban J connectivity index is 1.69. The first-order valence-corrected chi connectivity index (χ1v) is 8.56. The minimum Gasteiger partial charge on any atom is -0.334 e. The van der Waals surface area contributed by atoms with Gasteiger partial charge in [0, 0.05) is 17.3 Å². The van der Waals surface area contributed by atoms with Gasteiger partial charge in [-0.2, -0.15) is 13.2 Å². The number of rotatable bonds is 5. The lowest BCUT2D eigenvalue weighted by Gasteiger charge is -2.24. The molecule has 0 fully saturated rings. The van der Waals surface area contributed by atoms with Gasteiger partial charge in [-0.3, -0.25) is 9.69 Å². The number of hydrogen-bond donors (Lipinski definition) is 2. The number of nitrogens with zero attached hydrogens (tertiary/aromatic N) is 2. The summed E-state index contributed by atoms with van der Waals surface area (Å²) >= 11 is 0. The van der Waals surface area contributed by atoms with Gasteiger partial charge in [0.25, 0.3) is 0 Å². The fraction of sp³-hybridized carbons (Fsp3) is 0.263. The number of benzene rings is 2. The van der Waals surface area contributed by atoms with Crippen LogP contribution in [0.25, 0.3) is 11.0 Å². The maximum atomic E-state index is 13.9. The van der Waals surface area contributed by atoms with Crippen LogP contribution in [0.4, 0.5) is 27.6 Å². The summed E-state index contributed by atoms with van der Waals surface area (Å²) in [5.41, 5.74) is 0.623. The molecule has 0 radical (unpaired) electrons. The zero-order valence-corrected chi connectivity index (χ0v) is 15.4. The molecular formula is C19H17F5N4O. The number of nitrogens with one attached hydrogen (secondary N) is 2. The van der Waals surface area contributed by atoms with Crippen LogP contribution in [-0.2, 0) is 11.0 Å². The van der Waals surface area contributed by atoms with Crippen molar-refractivity contribution in [3.8, 4) is 0 Å². The molecule has 0 bridgehead atoms. The summed E-state index contributed by atoms with van der Waals surface area (Å²) in [5.74, 6) is -2.76. The topological polar surface area (TPSA) is 61.0 Å². The third kappa shape index (κ3) is 4.70. The van der Waals surface area contributed by atoms with Crippen LogP contribution >= 0.6 is 0 Å². The van der Waals surface area contributed by atoms with E-state index in [1.807, 2.05) is 0 Å². The van der Waals surface area contributed by atoms with Crippen molar-refractivity contribution in [1.82, 2.24) is 14.9 Å². The van der Waals surface area contributed by atoms with Crippen molar-refractivity contribution in [3.05, 3.63) is 59.4 Å². The van der Waals surface area contributed by atoms with Gasteiger partial charge in [0.15, 0.2) is 0 Å². The lowest BCUT2D eigenvalue weighted by Crippen LogP contribution is -2.32. The summed E-state index contributed by atoms with van der Waals surface area (Å²) in [6.45, 7) is 1.48. The van der Waals surface area contributed by atoms with E-state index in [-0.39, 0.29) is 28.8 Å². The normalized spacial score (nSPS) is 13.1. The van der Waals surface area contributed by atoms with Gasteiger partial charge >= 0.3 is 6.18 Å². The van der Waals surface area contributed by atoms with E-state index < -0.39 is 35.6 Å². The average Bonchev–Trinajstić information content (AvgIpc) is 3.06. The van der Waals surface area contributed by atoms with Crippen LogP contribution < -0.4 is 5.32 Å². The van der Waals surface area contributed by atoms with Gasteiger partial charge < -0.3 is 10.3 Å². The van der Waals surface area contributed by atoms with Gasteiger partial charge in [-0.25, -0.2) is 13.8 Å². The highest BCUT2D eigenvalue weighted by atomic mass is 19.4. The Labute approximate surface area is 162 Å². The summed E-state index contributed by atoms with van der Waals surface area (Å²) in [5, 5.41) is 2.57. The molecule has 5 nitrogen and oxygen atoms in total. The summed E-state index contributed by atoms with van der Waals surface area (Å²) in [6, 6.07) is 6.63. The Kier molecular flexibility index (Phi) is 5.56. The molecule has 0 spiro atoms. The van der Waals surface area contributed by atoms with E-state index in [1.54, 1.807) is 14.0 Å². The van der Waals surface area contributed by atoms with Crippen LogP contribution in [0.15, 0.2) is 36.4 Å². The molecule has 0 aliphatic heterocycles. The fourth-order valence-corrected chi connectivity index (χ4v) is 2.86. The molecule has 3 rings (SSSR count). The number of aromatic amines is 1. The Morgan fingerprint density at radius 3 is 2.62 bits per heavy atom. The van der Waals surface area contributed by atoms with E-state index in [1.165, 1.54) is 23.1 Å². The highest BCUT2D eigenvalue weighted by molar-refractivity contribution is 5.94. The second-order valence-corrected chi connectivity index (χ2v) is 6.62. The predicted octanol–water partition coefficient (Wildman–Crippen LogP) is 4.49. The summed E-state index contributed by atoms with van der Waals surface area (Å²) < 4.78 is 65.5. The van der Waals surface area contributed by atoms with Gasteiger partial charge in [-0.1, -0.05) is 0 Å². The number of amides is 1. The molecule has 1 atom stereocenters.